The Morgan fingerprint density at radius 3 is 1.54 bits per heavy atom. The summed E-state index contributed by atoms with van der Waals surface area (Å²) in [6.45, 7) is 0.869. The van der Waals surface area contributed by atoms with Crippen LogP contribution in [0, 0.1) is 23.7 Å². The fourth-order valence-corrected chi connectivity index (χ4v) is 1.83. The van der Waals surface area contributed by atoms with E-state index in [9.17, 15) is 10.2 Å². The number of hydrogen-bond acceptors (Lipinski definition) is 4. The molecular formula is C20H18N2O2. The molecule has 4 N–H and O–H groups in total. The Kier molecular flexibility index (Phi) is 6.68. The van der Waals surface area contributed by atoms with Crippen molar-refractivity contribution >= 4 is 11.4 Å². The first-order chi connectivity index (χ1) is 11.8. The fraction of sp³-hybridized carbons (Fsp3) is 0.100. The van der Waals surface area contributed by atoms with E-state index in [1.54, 1.807) is 48.6 Å². The van der Waals surface area contributed by atoms with E-state index >= 15 is 0 Å². The van der Waals surface area contributed by atoms with Crippen molar-refractivity contribution in [2.75, 3.05) is 23.7 Å². The predicted octanol–water partition coefficient (Wildman–Crippen LogP) is 3.18. The van der Waals surface area contributed by atoms with Crippen LogP contribution in [0.5, 0.6) is 11.5 Å². The van der Waals surface area contributed by atoms with Gasteiger partial charge in [0, 0.05) is 0 Å². The topological polar surface area (TPSA) is 64.5 Å². The van der Waals surface area contributed by atoms with E-state index in [2.05, 4.69) is 34.3 Å². The van der Waals surface area contributed by atoms with E-state index in [1.807, 2.05) is 12.1 Å². The molecule has 2 aromatic carbocycles. The van der Waals surface area contributed by atoms with E-state index < -0.39 is 0 Å². The van der Waals surface area contributed by atoms with E-state index in [-0.39, 0.29) is 11.5 Å². The minimum atomic E-state index is 0.206. The molecule has 0 aliphatic rings. The lowest BCUT2D eigenvalue weighted by atomic mass is 10.3. The highest BCUT2D eigenvalue weighted by Crippen LogP contribution is 2.21. The van der Waals surface area contributed by atoms with Crippen molar-refractivity contribution in [3.63, 3.8) is 0 Å². The number of anilines is 2. The van der Waals surface area contributed by atoms with Gasteiger partial charge in [-0.3, -0.25) is 0 Å². The molecule has 0 aliphatic heterocycles. The van der Waals surface area contributed by atoms with Gasteiger partial charge < -0.3 is 20.8 Å². The molecule has 4 heteroatoms. The molecule has 0 aromatic heterocycles. The first-order valence-corrected chi connectivity index (χ1v) is 7.43. The molecule has 2 aromatic rings. The number of phenols is 2. The molecule has 0 aliphatic carbocycles. The summed E-state index contributed by atoms with van der Waals surface area (Å²) in [5.74, 6) is 11.9. The van der Waals surface area contributed by atoms with Gasteiger partial charge in [0.25, 0.3) is 0 Å². The minimum Gasteiger partial charge on any atom is -0.506 e. The Hall–Kier alpha value is -3.50. The Balaban J connectivity index is 1.69. The number of aromatic hydroxyl groups is 2. The summed E-state index contributed by atoms with van der Waals surface area (Å²) < 4.78 is 0. The molecule has 0 unspecified atom stereocenters. The summed E-state index contributed by atoms with van der Waals surface area (Å²) in [6.07, 6.45) is 3.33. The quantitative estimate of drug-likeness (QED) is 0.516. The van der Waals surface area contributed by atoms with Gasteiger partial charge in [0.15, 0.2) is 0 Å². The second kappa shape index (κ2) is 9.50. The SMILES string of the molecule is Oc1ccccc1NCC#C/C=C\C#CCNc1ccccc1O. The summed E-state index contributed by atoms with van der Waals surface area (Å²) in [5, 5.41) is 25.2. The highest BCUT2D eigenvalue weighted by molar-refractivity contribution is 5.56. The molecule has 0 saturated heterocycles. The van der Waals surface area contributed by atoms with E-state index in [4.69, 9.17) is 0 Å². The number of hydrogen-bond donors (Lipinski definition) is 4. The van der Waals surface area contributed by atoms with Crippen molar-refractivity contribution in [2.24, 2.45) is 0 Å². The number of nitrogens with one attached hydrogen (secondary N) is 2. The van der Waals surface area contributed by atoms with Crippen LogP contribution in [0.15, 0.2) is 60.7 Å². The zero-order valence-corrected chi connectivity index (χ0v) is 13.1. The summed E-state index contributed by atoms with van der Waals surface area (Å²) in [5.41, 5.74) is 1.32. The van der Waals surface area contributed by atoms with Crippen LogP contribution < -0.4 is 10.6 Å². The van der Waals surface area contributed by atoms with Crippen LogP contribution in [0.2, 0.25) is 0 Å². The Morgan fingerprint density at radius 2 is 1.12 bits per heavy atom. The van der Waals surface area contributed by atoms with Crippen LogP contribution in [-0.2, 0) is 0 Å². The minimum absolute atomic E-state index is 0.206. The average molecular weight is 318 g/mol. The van der Waals surface area contributed by atoms with Gasteiger partial charge in [-0.25, -0.2) is 0 Å². The normalized spacial score (nSPS) is 9.50. The third kappa shape index (κ3) is 5.71. The van der Waals surface area contributed by atoms with Crippen molar-refractivity contribution in [3.05, 3.63) is 60.7 Å². The van der Waals surface area contributed by atoms with Crippen molar-refractivity contribution in [2.45, 2.75) is 0 Å². The zero-order chi connectivity index (χ0) is 17.0. The smallest absolute Gasteiger partial charge is 0.138 e. The van der Waals surface area contributed by atoms with E-state index in [0.717, 1.165) is 0 Å². The second-order valence-electron chi connectivity index (χ2n) is 4.72. The van der Waals surface area contributed by atoms with Crippen molar-refractivity contribution in [3.8, 4) is 35.2 Å². The average Bonchev–Trinajstić information content (AvgIpc) is 2.59. The molecule has 0 atom stereocenters. The van der Waals surface area contributed by atoms with Gasteiger partial charge in [-0.15, -0.1) is 0 Å². The number of benzene rings is 2. The summed E-state index contributed by atoms with van der Waals surface area (Å²) in [6, 6.07) is 14.0. The molecule has 0 fully saturated rings. The van der Waals surface area contributed by atoms with E-state index in [1.165, 1.54) is 0 Å². The number of rotatable bonds is 4. The van der Waals surface area contributed by atoms with Crippen LogP contribution in [0.1, 0.15) is 0 Å². The zero-order valence-electron chi connectivity index (χ0n) is 13.1. The summed E-state index contributed by atoms with van der Waals surface area (Å²) >= 11 is 0. The molecule has 0 heterocycles. The Bertz CT molecular complexity index is 751. The first-order valence-electron chi connectivity index (χ1n) is 7.43. The Morgan fingerprint density at radius 1 is 0.708 bits per heavy atom. The van der Waals surface area contributed by atoms with Gasteiger partial charge in [-0.05, 0) is 36.4 Å². The highest BCUT2D eigenvalue weighted by atomic mass is 16.3. The number of phenolic OH excluding ortho intramolecular Hbond substituents is 2. The largest absolute Gasteiger partial charge is 0.506 e. The predicted molar refractivity (Wildman–Crippen MR) is 97.9 cm³/mol. The van der Waals surface area contributed by atoms with Gasteiger partial charge in [0.2, 0.25) is 0 Å². The Labute approximate surface area is 141 Å². The molecule has 2 rings (SSSR count). The standard InChI is InChI=1S/C20H18N2O2/c23-19-13-7-5-11-17(19)21-15-9-3-1-2-4-10-16-22-18-12-6-8-14-20(18)24/h1-2,5-8,11-14,21-24H,15-16H2/b2-1-. The first kappa shape index (κ1) is 16.9. The molecule has 24 heavy (non-hydrogen) atoms. The molecule has 0 saturated carbocycles. The van der Waals surface area contributed by atoms with Crippen LogP contribution in [-0.4, -0.2) is 23.3 Å². The van der Waals surface area contributed by atoms with Crippen molar-refractivity contribution in [1.29, 1.82) is 0 Å². The lowest BCUT2D eigenvalue weighted by molar-refractivity contribution is 0.477. The molecule has 120 valence electrons. The van der Waals surface area contributed by atoms with Crippen LogP contribution in [0.3, 0.4) is 0 Å². The van der Waals surface area contributed by atoms with E-state index in [0.29, 0.717) is 24.5 Å². The van der Waals surface area contributed by atoms with Crippen molar-refractivity contribution < 1.29 is 10.2 Å². The highest BCUT2D eigenvalue weighted by Gasteiger charge is 1.95. The maximum atomic E-state index is 9.57. The third-order valence-corrected chi connectivity index (χ3v) is 3.00. The maximum absolute atomic E-state index is 9.57. The van der Waals surface area contributed by atoms with Crippen LogP contribution in [0.4, 0.5) is 11.4 Å². The molecular weight excluding hydrogens is 300 g/mol. The van der Waals surface area contributed by atoms with Gasteiger partial charge in [-0.1, -0.05) is 47.9 Å². The van der Waals surface area contributed by atoms with Crippen LogP contribution >= 0.6 is 0 Å². The van der Waals surface area contributed by atoms with Gasteiger partial charge in [0.1, 0.15) is 11.5 Å². The molecule has 4 nitrogen and oxygen atoms in total. The lowest BCUT2D eigenvalue weighted by Gasteiger charge is -2.03. The summed E-state index contributed by atoms with van der Waals surface area (Å²) in [4.78, 5) is 0. The van der Waals surface area contributed by atoms with Gasteiger partial charge in [-0.2, -0.15) is 0 Å². The third-order valence-electron chi connectivity index (χ3n) is 3.00. The monoisotopic (exact) mass is 318 g/mol. The van der Waals surface area contributed by atoms with Gasteiger partial charge >= 0.3 is 0 Å². The molecule has 0 bridgehead atoms. The number of allylic oxidation sites excluding steroid dienone is 2. The molecule has 0 amide bonds. The van der Waals surface area contributed by atoms with Crippen molar-refractivity contribution in [1.82, 2.24) is 0 Å². The van der Waals surface area contributed by atoms with Crippen LogP contribution in [0.25, 0.3) is 0 Å². The maximum Gasteiger partial charge on any atom is 0.138 e. The fourth-order valence-electron chi connectivity index (χ4n) is 1.83. The summed E-state index contributed by atoms with van der Waals surface area (Å²) in [7, 11) is 0. The second-order valence-corrected chi connectivity index (χ2v) is 4.72. The molecule has 0 spiro atoms. The number of para-hydroxylation sites is 4. The van der Waals surface area contributed by atoms with Gasteiger partial charge in [0.05, 0.1) is 24.5 Å². The lowest BCUT2D eigenvalue weighted by Crippen LogP contribution is -1.98. The molecule has 0 radical (unpaired) electrons.